The molecule has 0 amide bonds. The van der Waals surface area contributed by atoms with Crippen LogP contribution in [0.15, 0.2) is 0 Å². The maximum absolute atomic E-state index is 11.6. The first-order valence-corrected chi connectivity index (χ1v) is 7.68. The van der Waals surface area contributed by atoms with E-state index in [0.29, 0.717) is 0 Å². The lowest BCUT2D eigenvalue weighted by Crippen LogP contribution is -2.25. The lowest BCUT2D eigenvalue weighted by atomic mass is 10.4. The quantitative estimate of drug-likeness (QED) is 0.277. The molecule has 10 heteroatoms. The summed E-state index contributed by atoms with van der Waals surface area (Å²) < 4.78 is 25.9. The highest BCUT2D eigenvalue weighted by Crippen LogP contribution is 2.32. The molecule has 0 fully saturated rings. The Bertz CT molecular complexity index is 338. The zero-order chi connectivity index (χ0) is 14.9. The molecule has 0 aromatic heterocycles. The van der Waals surface area contributed by atoms with Gasteiger partial charge in [-0.25, -0.2) is 10.6 Å². The van der Waals surface area contributed by atoms with Crippen LogP contribution in [-0.2, 0) is 28.2 Å². The van der Waals surface area contributed by atoms with Gasteiger partial charge in [-0.3, -0.25) is 14.2 Å². The number of nitrogens with one attached hydrogen (secondary N) is 1. The first kappa shape index (κ1) is 18.3. The average Bonchev–Trinajstić information content (AvgIpc) is 2.24. The van der Waals surface area contributed by atoms with Crippen LogP contribution in [0.5, 0.6) is 0 Å². The van der Waals surface area contributed by atoms with Gasteiger partial charge < -0.3 is 14.0 Å². The Morgan fingerprint density at radius 3 is 2.26 bits per heavy atom. The van der Waals surface area contributed by atoms with Crippen LogP contribution in [0.1, 0.15) is 20.3 Å². The van der Waals surface area contributed by atoms with E-state index in [1.807, 2.05) is 0 Å². The number of carbonyl (C=O) groups is 2. The molecule has 112 valence electrons. The van der Waals surface area contributed by atoms with Crippen LogP contribution < -0.4 is 10.6 Å². The second-order valence-electron chi connectivity index (χ2n) is 3.46. The molecule has 0 aromatic carbocycles. The lowest BCUT2D eigenvalue weighted by molar-refractivity contribution is -0.186. The van der Waals surface area contributed by atoms with Crippen molar-refractivity contribution in [2.45, 2.75) is 26.6 Å². The number of halogens is 1. The highest BCUT2D eigenvalue weighted by atomic mass is 35.5. The van der Waals surface area contributed by atoms with Crippen molar-refractivity contribution in [3.05, 3.63) is 0 Å². The van der Waals surface area contributed by atoms with Crippen LogP contribution in [0.2, 0.25) is 0 Å². The summed E-state index contributed by atoms with van der Waals surface area (Å²) in [6.07, 6.45) is -1.08. The molecule has 1 unspecified atom stereocenters. The lowest BCUT2D eigenvalue weighted by Gasteiger charge is -2.18. The number of ether oxygens (including phenoxy) is 2. The minimum atomic E-state index is -3.45. The van der Waals surface area contributed by atoms with Crippen LogP contribution in [0.25, 0.3) is 0 Å². The van der Waals surface area contributed by atoms with Gasteiger partial charge in [-0.05, 0) is 0 Å². The van der Waals surface area contributed by atoms with Crippen molar-refractivity contribution in [2.75, 3.05) is 19.0 Å². The summed E-state index contributed by atoms with van der Waals surface area (Å²) in [5, 5.41) is 2.43. The van der Waals surface area contributed by atoms with Gasteiger partial charge in [0.15, 0.2) is 0 Å². The van der Waals surface area contributed by atoms with E-state index >= 15 is 0 Å². The molecule has 0 aliphatic carbocycles. The van der Waals surface area contributed by atoms with Crippen LogP contribution in [0.3, 0.4) is 0 Å². The Labute approximate surface area is 116 Å². The molecule has 0 aromatic rings. The molecule has 0 aliphatic rings. The normalized spacial score (nSPS) is 13.9. The minimum absolute atomic E-state index is 0.0168. The first-order chi connectivity index (χ1) is 8.76. The van der Waals surface area contributed by atoms with E-state index in [1.54, 1.807) is 0 Å². The minimum Gasteiger partial charge on any atom is -0.425 e. The maximum atomic E-state index is 11.6. The molecule has 0 saturated heterocycles. The number of alkyl halides is 1. The van der Waals surface area contributed by atoms with Gasteiger partial charge in [-0.1, -0.05) is 0 Å². The van der Waals surface area contributed by atoms with Crippen LogP contribution in [-0.4, -0.2) is 37.3 Å². The molecular formula is C9H18ClN2O6P. The molecule has 8 nitrogen and oxygen atoms in total. The number of esters is 2. The van der Waals surface area contributed by atoms with Crippen molar-refractivity contribution in [1.82, 2.24) is 5.09 Å². The van der Waals surface area contributed by atoms with Crippen LogP contribution >= 0.6 is 19.3 Å². The topological polar surface area (TPSA) is 117 Å². The van der Waals surface area contributed by atoms with E-state index in [1.165, 1.54) is 13.8 Å². The molecule has 0 heterocycles. The van der Waals surface area contributed by atoms with Crippen molar-refractivity contribution in [1.29, 1.82) is 0 Å². The number of rotatable bonds is 9. The van der Waals surface area contributed by atoms with Crippen molar-refractivity contribution in [2.24, 2.45) is 5.50 Å². The van der Waals surface area contributed by atoms with E-state index in [-0.39, 0.29) is 25.5 Å². The van der Waals surface area contributed by atoms with Gasteiger partial charge in [0.2, 0.25) is 6.29 Å². The molecule has 3 N–H and O–H groups in total. The molecule has 0 bridgehead atoms. The molecule has 0 saturated carbocycles. The third-order valence-corrected chi connectivity index (χ3v) is 3.08. The summed E-state index contributed by atoms with van der Waals surface area (Å²) in [7, 11) is -3.45. The van der Waals surface area contributed by atoms with Crippen molar-refractivity contribution < 1.29 is 28.2 Å². The zero-order valence-electron chi connectivity index (χ0n) is 10.8. The third kappa shape index (κ3) is 10.9. The number of hydrogen-bond donors (Lipinski definition) is 2. The summed E-state index contributed by atoms with van der Waals surface area (Å²) in [4.78, 5) is 21.6. The third-order valence-electron chi connectivity index (χ3n) is 1.66. The zero-order valence-corrected chi connectivity index (χ0v) is 12.4. The summed E-state index contributed by atoms with van der Waals surface area (Å²) in [6.45, 7) is 2.46. The Kier molecular flexibility index (Phi) is 8.95. The molecule has 0 spiro atoms. The first-order valence-electron chi connectivity index (χ1n) is 5.45. The predicted molar refractivity (Wildman–Crippen MR) is 68.4 cm³/mol. The molecule has 19 heavy (non-hydrogen) atoms. The second-order valence-corrected chi connectivity index (χ2v) is 5.61. The van der Waals surface area contributed by atoms with Gasteiger partial charge in [0, 0.05) is 32.7 Å². The largest absolute Gasteiger partial charge is 0.425 e. The second kappa shape index (κ2) is 9.28. The molecular weight excluding hydrogens is 299 g/mol. The number of hydrogen-bond acceptors (Lipinski definition) is 6. The predicted octanol–water partition coefficient (Wildman–Crippen LogP) is 0.741. The molecule has 0 rings (SSSR count). The Morgan fingerprint density at radius 2 is 1.84 bits per heavy atom. The molecule has 0 aliphatic heterocycles. The van der Waals surface area contributed by atoms with E-state index in [0.717, 1.165) is 0 Å². The van der Waals surface area contributed by atoms with E-state index in [4.69, 9.17) is 31.1 Å². The van der Waals surface area contributed by atoms with E-state index in [2.05, 4.69) is 5.09 Å². The summed E-state index contributed by atoms with van der Waals surface area (Å²) in [5.41, 5.74) is 5.34. The van der Waals surface area contributed by atoms with Gasteiger partial charge in [-0.15, -0.1) is 11.6 Å². The van der Waals surface area contributed by atoms with Crippen molar-refractivity contribution in [3.8, 4) is 0 Å². The highest BCUT2D eigenvalue weighted by Gasteiger charge is 2.19. The van der Waals surface area contributed by atoms with E-state index < -0.39 is 25.9 Å². The standard InChI is InChI=1S/C9H18ClN2O6P/c1-7(13)17-9(18-8(2)14)3-6-16-19(11,15)12-5-4-10/h9H,3-6H2,1-2H3,(H3,11,12,15). The molecule has 0 radical (unpaired) electrons. The summed E-state index contributed by atoms with van der Waals surface area (Å²) in [5.74, 6) is -0.987. The number of carbonyl (C=O) groups excluding carboxylic acids is 2. The summed E-state index contributed by atoms with van der Waals surface area (Å²) in [6, 6.07) is 0. The monoisotopic (exact) mass is 316 g/mol. The average molecular weight is 317 g/mol. The van der Waals surface area contributed by atoms with Gasteiger partial charge in [0.1, 0.15) is 0 Å². The highest BCUT2D eigenvalue weighted by molar-refractivity contribution is 7.54. The van der Waals surface area contributed by atoms with Gasteiger partial charge in [-0.2, -0.15) is 0 Å². The van der Waals surface area contributed by atoms with E-state index in [9.17, 15) is 14.2 Å². The fourth-order valence-electron chi connectivity index (χ4n) is 1.04. The van der Waals surface area contributed by atoms with Crippen molar-refractivity contribution in [3.63, 3.8) is 0 Å². The van der Waals surface area contributed by atoms with Gasteiger partial charge >= 0.3 is 19.6 Å². The fraction of sp³-hybridized carbons (Fsp3) is 0.778. The molecule has 1 atom stereocenters. The Morgan fingerprint density at radius 1 is 1.32 bits per heavy atom. The van der Waals surface area contributed by atoms with Crippen LogP contribution in [0.4, 0.5) is 0 Å². The maximum Gasteiger partial charge on any atom is 0.338 e. The summed E-state index contributed by atoms with van der Waals surface area (Å²) >= 11 is 5.40. The van der Waals surface area contributed by atoms with Crippen LogP contribution in [0, 0.1) is 0 Å². The van der Waals surface area contributed by atoms with Crippen molar-refractivity contribution >= 4 is 31.2 Å². The fourth-order valence-corrected chi connectivity index (χ4v) is 2.16. The number of nitrogens with two attached hydrogens (primary N) is 1. The van der Waals surface area contributed by atoms with Gasteiger partial charge in [0.25, 0.3) is 0 Å². The smallest absolute Gasteiger partial charge is 0.338 e. The Balaban J connectivity index is 4.13. The SMILES string of the molecule is CC(=O)OC(CCOP(N)(=O)NCCCl)OC(C)=O. The Hall–Kier alpha value is -0.660. The van der Waals surface area contributed by atoms with Gasteiger partial charge in [0.05, 0.1) is 6.61 Å².